The number of aromatic nitrogens is 1. The Bertz CT molecular complexity index is 841. The smallest absolute Gasteiger partial charge is 0.259 e. The molecule has 5 heteroatoms. The van der Waals surface area contributed by atoms with Crippen molar-refractivity contribution in [2.75, 3.05) is 11.9 Å². The minimum atomic E-state index is -0.184. The van der Waals surface area contributed by atoms with Crippen LogP contribution in [0.25, 0.3) is 11.3 Å². The van der Waals surface area contributed by atoms with Crippen molar-refractivity contribution in [1.82, 2.24) is 4.98 Å². The highest BCUT2D eigenvalue weighted by atomic mass is 32.1. The van der Waals surface area contributed by atoms with Crippen LogP contribution in [0, 0.1) is 6.92 Å². The van der Waals surface area contributed by atoms with Crippen molar-refractivity contribution in [1.29, 1.82) is 0 Å². The van der Waals surface area contributed by atoms with E-state index in [-0.39, 0.29) is 5.91 Å². The molecule has 2 aromatic carbocycles. The molecule has 122 valence electrons. The number of amides is 1. The average Bonchev–Trinajstić information content (AvgIpc) is 3.03. The van der Waals surface area contributed by atoms with Gasteiger partial charge in [0, 0.05) is 16.6 Å². The van der Waals surface area contributed by atoms with Crippen LogP contribution in [0.4, 0.5) is 5.69 Å². The molecule has 3 aromatic rings. The summed E-state index contributed by atoms with van der Waals surface area (Å²) >= 11 is 1.62. The third-order valence-electron chi connectivity index (χ3n) is 3.49. The molecule has 1 heterocycles. The van der Waals surface area contributed by atoms with E-state index < -0.39 is 0 Å². The molecule has 0 unspecified atom stereocenters. The minimum absolute atomic E-state index is 0.184. The van der Waals surface area contributed by atoms with Crippen molar-refractivity contribution in [2.24, 2.45) is 0 Å². The number of rotatable bonds is 5. The van der Waals surface area contributed by atoms with Gasteiger partial charge in [-0.05, 0) is 38.1 Å². The third kappa shape index (κ3) is 3.63. The number of benzene rings is 2. The number of nitrogens with one attached hydrogen (secondary N) is 1. The van der Waals surface area contributed by atoms with Gasteiger partial charge in [-0.1, -0.05) is 24.3 Å². The summed E-state index contributed by atoms with van der Waals surface area (Å²) in [6.07, 6.45) is 0. The maximum absolute atomic E-state index is 12.5. The summed E-state index contributed by atoms with van der Waals surface area (Å²) in [6, 6.07) is 14.9. The van der Waals surface area contributed by atoms with Crippen molar-refractivity contribution in [3.8, 4) is 17.0 Å². The second kappa shape index (κ2) is 7.27. The first-order valence-electron chi connectivity index (χ1n) is 7.73. The van der Waals surface area contributed by atoms with E-state index in [4.69, 9.17) is 4.74 Å². The molecule has 0 aliphatic heterocycles. The van der Waals surface area contributed by atoms with Crippen LogP contribution in [0.1, 0.15) is 22.3 Å². The van der Waals surface area contributed by atoms with E-state index in [1.165, 1.54) is 0 Å². The van der Waals surface area contributed by atoms with Crippen molar-refractivity contribution in [3.63, 3.8) is 0 Å². The second-order valence-electron chi connectivity index (χ2n) is 5.21. The SMILES string of the molecule is CCOc1ccccc1C(=O)Nc1ccc(-c2csc(C)n2)cc1. The van der Waals surface area contributed by atoms with E-state index >= 15 is 0 Å². The molecule has 0 aliphatic rings. The first-order valence-corrected chi connectivity index (χ1v) is 8.61. The van der Waals surface area contributed by atoms with Crippen LogP contribution in [-0.2, 0) is 0 Å². The zero-order valence-electron chi connectivity index (χ0n) is 13.6. The molecule has 1 N–H and O–H groups in total. The lowest BCUT2D eigenvalue weighted by Crippen LogP contribution is -2.13. The molecule has 1 amide bonds. The summed E-state index contributed by atoms with van der Waals surface area (Å²) in [6.45, 7) is 4.40. The van der Waals surface area contributed by atoms with Crippen LogP contribution in [-0.4, -0.2) is 17.5 Å². The maximum Gasteiger partial charge on any atom is 0.259 e. The predicted octanol–water partition coefficient (Wildman–Crippen LogP) is 4.77. The molecule has 0 atom stereocenters. The molecule has 0 bridgehead atoms. The van der Waals surface area contributed by atoms with Gasteiger partial charge in [0.2, 0.25) is 0 Å². The number of hydrogen-bond donors (Lipinski definition) is 1. The molecule has 4 nitrogen and oxygen atoms in total. The average molecular weight is 338 g/mol. The quantitative estimate of drug-likeness (QED) is 0.729. The van der Waals surface area contributed by atoms with Gasteiger partial charge < -0.3 is 10.1 Å². The number of hydrogen-bond acceptors (Lipinski definition) is 4. The largest absolute Gasteiger partial charge is 0.493 e. The van der Waals surface area contributed by atoms with E-state index in [1.54, 1.807) is 23.5 Å². The van der Waals surface area contributed by atoms with E-state index in [2.05, 4.69) is 10.3 Å². The first-order chi connectivity index (χ1) is 11.7. The fourth-order valence-electron chi connectivity index (χ4n) is 2.35. The van der Waals surface area contributed by atoms with Gasteiger partial charge in [0.05, 0.1) is 22.9 Å². The van der Waals surface area contributed by atoms with E-state index in [0.29, 0.717) is 17.9 Å². The van der Waals surface area contributed by atoms with Gasteiger partial charge in [-0.15, -0.1) is 11.3 Å². The van der Waals surface area contributed by atoms with Gasteiger partial charge in [-0.25, -0.2) is 4.98 Å². The lowest BCUT2D eigenvalue weighted by molar-refractivity contribution is 0.102. The number of ether oxygens (including phenoxy) is 1. The molecule has 3 rings (SSSR count). The number of carbonyl (C=O) groups excluding carboxylic acids is 1. The Hall–Kier alpha value is -2.66. The summed E-state index contributed by atoms with van der Waals surface area (Å²) < 4.78 is 5.51. The van der Waals surface area contributed by atoms with Crippen molar-refractivity contribution >= 4 is 22.9 Å². The summed E-state index contributed by atoms with van der Waals surface area (Å²) in [7, 11) is 0. The van der Waals surface area contributed by atoms with Gasteiger partial charge in [-0.3, -0.25) is 4.79 Å². The zero-order chi connectivity index (χ0) is 16.9. The van der Waals surface area contributed by atoms with Crippen LogP contribution in [0.3, 0.4) is 0 Å². The number of thiazole rings is 1. The highest BCUT2D eigenvalue weighted by Gasteiger charge is 2.12. The van der Waals surface area contributed by atoms with Crippen molar-refractivity contribution < 1.29 is 9.53 Å². The summed E-state index contributed by atoms with van der Waals surface area (Å²) in [5, 5.41) is 5.97. The molecule has 24 heavy (non-hydrogen) atoms. The molecule has 0 spiro atoms. The first kappa shape index (κ1) is 16.2. The number of carbonyl (C=O) groups is 1. The standard InChI is InChI=1S/C19H18N2O2S/c1-3-23-18-7-5-4-6-16(18)19(22)21-15-10-8-14(9-11-15)17-12-24-13(2)20-17/h4-12H,3H2,1-2H3,(H,21,22). The minimum Gasteiger partial charge on any atom is -0.493 e. The normalized spacial score (nSPS) is 10.4. The van der Waals surface area contributed by atoms with Crippen molar-refractivity contribution in [2.45, 2.75) is 13.8 Å². The van der Waals surface area contributed by atoms with Gasteiger partial charge in [0.15, 0.2) is 0 Å². The summed E-state index contributed by atoms with van der Waals surface area (Å²) in [5.74, 6) is 0.406. The summed E-state index contributed by atoms with van der Waals surface area (Å²) in [5.41, 5.74) is 3.25. The summed E-state index contributed by atoms with van der Waals surface area (Å²) in [4.78, 5) is 16.9. The molecular weight excluding hydrogens is 320 g/mol. The Morgan fingerprint density at radius 2 is 1.92 bits per heavy atom. The molecule has 0 saturated carbocycles. The zero-order valence-corrected chi connectivity index (χ0v) is 14.4. The van der Waals surface area contributed by atoms with Gasteiger partial charge in [0.1, 0.15) is 5.75 Å². The van der Waals surface area contributed by atoms with Gasteiger partial charge in [0.25, 0.3) is 5.91 Å². The molecule has 0 radical (unpaired) electrons. The monoisotopic (exact) mass is 338 g/mol. The molecule has 0 aliphatic carbocycles. The van der Waals surface area contributed by atoms with Crippen molar-refractivity contribution in [3.05, 3.63) is 64.5 Å². The Morgan fingerprint density at radius 3 is 2.58 bits per heavy atom. The molecular formula is C19H18N2O2S. The van der Waals surface area contributed by atoms with Crippen LogP contribution in [0.15, 0.2) is 53.9 Å². The highest BCUT2D eigenvalue weighted by Crippen LogP contribution is 2.24. The number of nitrogens with zero attached hydrogens (tertiary/aromatic N) is 1. The Kier molecular flexibility index (Phi) is 4.91. The molecule has 0 fully saturated rings. The fourth-order valence-corrected chi connectivity index (χ4v) is 2.98. The van der Waals surface area contributed by atoms with Gasteiger partial charge in [-0.2, -0.15) is 0 Å². The molecule has 1 aromatic heterocycles. The fraction of sp³-hybridized carbons (Fsp3) is 0.158. The van der Waals surface area contributed by atoms with E-state index in [1.807, 2.05) is 55.6 Å². The lowest BCUT2D eigenvalue weighted by Gasteiger charge is -2.10. The Balaban J connectivity index is 1.75. The Morgan fingerprint density at radius 1 is 1.17 bits per heavy atom. The number of anilines is 1. The third-order valence-corrected chi connectivity index (χ3v) is 4.26. The topological polar surface area (TPSA) is 51.2 Å². The van der Waals surface area contributed by atoms with E-state index in [0.717, 1.165) is 22.0 Å². The van der Waals surface area contributed by atoms with Crippen LogP contribution in [0.2, 0.25) is 0 Å². The Labute approximate surface area is 145 Å². The lowest BCUT2D eigenvalue weighted by atomic mass is 10.1. The number of aryl methyl sites for hydroxylation is 1. The second-order valence-corrected chi connectivity index (χ2v) is 6.27. The maximum atomic E-state index is 12.5. The van der Waals surface area contributed by atoms with Gasteiger partial charge >= 0.3 is 0 Å². The predicted molar refractivity (Wildman–Crippen MR) is 97.9 cm³/mol. The number of para-hydroxylation sites is 1. The highest BCUT2D eigenvalue weighted by molar-refractivity contribution is 7.09. The van der Waals surface area contributed by atoms with Crippen LogP contribution in [0.5, 0.6) is 5.75 Å². The van der Waals surface area contributed by atoms with Crippen LogP contribution < -0.4 is 10.1 Å². The molecule has 0 saturated heterocycles. The van der Waals surface area contributed by atoms with E-state index in [9.17, 15) is 4.79 Å². The van der Waals surface area contributed by atoms with Crippen LogP contribution >= 0.6 is 11.3 Å².